The first-order valence-electron chi connectivity index (χ1n) is 5.45. The summed E-state index contributed by atoms with van der Waals surface area (Å²) in [6, 6.07) is 6.51. The maximum absolute atomic E-state index is 2.34. The minimum Gasteiger partial charge on any atom is -0.321 e. The number of pyridine rings is 1. The summed E-state index contributed by atoms with van der Waals surface area (Å²) in [6.45, 7) is 2.25. The Balaban J connectivity index is 2.41. The van der Waals surface area contributed by atoms with Crippen LogP contribution in [0.15, 0.2) is 24.4 Å². The van der Waals surface area contributed by atoms with E-state index in [0.717, 1.165) is 0 Å². The number of rotatable bonds is 0. The normalized spacial score (nSPS) is 15.8. The summed E-state index contributed by atoms with van der Waals surface area (Å²) in [5, 5.41) is 0. The maximum Gasteiger partial charge on any atom is 0.0487 e. The summed E-state index contributed by atoms with van der Waals surface area (Å²) in [4.78, 5) is 0. The highest BCUT2D eigenvalue weighted by atomic mass is 14.9. The predicted octanol–water partition coefficient (Wildman–Crippen LogP) is 3.13. The van der Waals surface area contributed by atoms with Crippen LogP contribution in [0.1, 0.15) is 29.7 Å². The zero-order valence-electron chi connectivity index (χ0n) is 8.59. The molecule has 0 unspecified atom stereocenters. The summed E-state index contributed by atoms with van der Waals surface area (Å²) >= 11 is 0. The van der Waals surface area contributed by atoms with E-state index in [9.17, 15) is 0 Å². The van der Waals surface area contributed by atoms with Crippen LogP contribution < -0.4 is 0 Å². The molecule has 0 aliphatic heterocycles. The fraction of sp³-hybridized carbons (Fsp3) is 0.385. The molecule has 1 aliphatic rings. The second-order valence-electron chi connectivity index (χ2n) is 4.21. The quantitative estimate of drug-likeness (QED) is 0.594. The van der Waals surface area contributed by atoms with Crippen molar-refractivity contribution in [2.75, 3.05) is 0 Å². The molecule has 1 heteroatoms. The summed E-state index contributed by atoms with van der Waals surface area (Å²) in [5.41, 5.74) is 6.10. The fourth-order valence-corrected chi connectivity index (χ4v) is 2.71. The molecule has 0 N–H and O–H groups in total. The monoisotopic (exact) mass is 185 g/mol. The Morgan fingerprint density at radius 3 is 2.71 bits per heavy atom. The summed E-state index contributed by atoms with van der Waals surface area (Å²) in [7, 11) is 0. The van der Waals surface area contributed by atoms with Crippen LogP contribution in [-0.4, -0.2) is 4.40 Å². The van der Waals surface area contributed by atoms with Crippen LogP contribution in [0, 0.1) is 6.92 Å². The minimum absolute atomic E-state index is 1.27. The molecule has 0 amide bonds. The molecule has 0 aromatic carbocycles. The zero-order chi connectivity index (χ0) is 9.54. The van der Waals surface area contributed by atoms with Crippen molar-refractivity contribution < 1.29 is 0 Å². The van der Waals surface area contributed by atoms with E-state index in [0.29, 0.717) is 0 Å². The van der Waals surface area contributed by atoms with Crippen molar-refractivity contribution in [3.05, 3.63) is 41.2 Å². The molecule has 2 aromatic heterocycles. The second-order valence-corrected chi connectivity index (χ2v) is 4.21. The Morgan fingerprint density at radius 2 is 1.86 bits per heavy atom. The summed E-state index contributed by atoms with van der Waals surface area (Å²) in [6.07, 6.45) is 7.47. The molecule has 2 aromatic rings. The highest BCUT2D eigenvalue weighted by molar-refractivity contribution is 5.62. The Morgan fingerprint density at radius 1 is 1.07 bits per heavy atom. The first-order valence-corrected chi connectivity index (χ1v) is 5.45. The van der Waals surface area contributed by atoms with E-state index in [1.165, 1.54) is 36.9 Å². The second kappa shape index (κ2) is 2.88. The average molecular weight is 185 g/mol. The van der Waals surface area contributed by atoms with Crippen LogP contribution in [-0.2, 0) is 12.8 Å². The largest absolute Gasteiger partial charge is 0.321 e. The highest BCUT2D eigenvalue weighted by Crippen LogP contribution is 2.29. The van der Waals surface area contributed by atoms with Gasteiger partial charge in [0.1, 0.15) is 0 Å². The van der Waals surface area contributed by atoms with Crippen molar-refractivity contribution in [1.29, 1.82) is 0 Å². The van der Waals surface area contributed by atoms with Crippen molar-refractivity contribution >= 4 is 5.52 Å². The standard InChI is InChI=1S/C13H15N/c1-10-11-6-2-3-7-12(11)13-8-4-5-9-14(10)13/h4-5,8-9H,2-3,6-7H2,1H3. The van der Waals surface area contributed by atoms with E-state index in [1.807, 2.05) is 0 Å². The van der Waals surface area contributed by atoms with Crippen molar-refractivity contribution in [2.45, 2.75) is 32.6 Å². The van der Waals surface area contributed by atoms with Gasteiger partial charge in [-0.05, 0) is 55.9 Å². The predicted molar refractivity (Wildman–Crippen MR) is 58.8 cm³/mol. The molecule has 0 bridgehead atoms. The van der Waals surface area contributed by atoms with Crippen molar-refractivity contribution in [3.63, 3.8) is 0 Å². The van der Waals surface area contributed by atoms with Crippen molar-refractivity contribution in [1.82, 2.24) is 4.40 Å². The van der Waals surface area contributed by atoms with Crippen molar-refractivity contribution in [3.8, 4) is 0 Å². The van der Waals surface area contributed by atoms with Gasteiger partial charge in [0, 0.05) is 17.4 Å². The van der Waals surface area contributed by atoms with Crippen LogP contribution >= 0.6 is 0 Å². The van der Waals surface area contributed by atoms with Gasteiger partial charge >= 0.3 is 0 Å². The van der Waals surface area contributed by atoms with E-state index < -0.39 is 0 Å². The smallest absolute Gasteiger partial charge is 0.0487 e. The first-order chi connectivity index (χ1) is 6.88. The van der Waals surface area contributed by atoms with E-state index >= 15 is 0 Å². The van der Waals surface area contributed by atoms with Gasteiger partial charge in [-0.3, -0.25) is 0 Å². The third-order valence-electron chi connectivity index (χ3n) is 3.43. The SMILES string of the molecule is Cc1c2c(c3ccccn13)CCCC2. The van der Waals surface area contributed by atoms with E-state index in [4.69, 9.17) is 0 Å². The van der Waals surface area contributed by atoms with Crippen LogP contribution in [0.2, 0.25) is 0 Å². The van der Waals surface area contributed by atoms with Crippen LogP contribution in [0.25, 0.3) is 5.52 Å². The van der Waals surface area contributed by atoms with Gasteiger partial charge in [-0.25, -0.2) is 0 Å². The van der Waals surface area contributed by atoms with Crippen LogP contribution in [0.5, 0.6) is 0 Å². The van der Waals surface area contributed by atoms with E-state index in [-0.39, 0.29) is 0 Å². The number of nitrogens with zero attached hydrogens (tertiary/aromatic N) is 1. The highest BCUT2D eigenvalue weighted by Gasteiger charge is 2.17. The minimum atomic E-state index is 1.27. The lowest BCUT2D eigenvalue weighted by atomic mass is 9.93. The molecule has 72 valence electrons. The van der Waals surface area contributed by atoms with E-state index in [2.05, 4.69) is 35.7 Å². The molecule has 0 spiro atoms. The lowest BCUT2D eigenvalue weighted by Crippen LogP contribution is -2.00. The summed E-state index contributed by atoms with van der Waals surface area (Å²) < 4.78 is 2.34. The molecule has 0 radical (unpaired) electrons. The number of hydrogen-bond donors (Lipinski definition) is 0. The third-order valence-corrected chi connectivity index (χ3v) is 3.43. The van der Waals surface area contributed by atoms with Crippen LogP contribution in [0.3, 0.4) is 0 Å². The first kappa shape index (κ1) is 8.10. The topological polar surface area (TPSA) is 4.41 Å². The number of aryl methyl sites for hydroxylation is 2. The molecule has 0 saturated carbocycles. The van der Waals surface area contributed by atoms with E-state index in [1.54, 1.807) is 11.1 Å². The molecule has 2 heterocycles. The Kier molecular flexibility index (Phi) is 1.66. The molecular formula is C13H15N. The number of hydrogen-bond acceptors (Lipinski definition) is 0. The Bertz CT molecular complexity index is 479. The molecule has 0 fully saturated rings. The molecule has 0 atom stereocenters. The maximum atomic E-state index is 2.34. The Labute approximate surface area is 84.4 Å². The van der Waals surface area contributed by atoms with Crippen LogP contribution in [0.4, 0.5) is 0 Å². The van der Waals surface area contributed by atoms with Gasteiger partial charge in [-0.1, -0.05) is 6.07 Å². The van der Waals surface area contributed by atoms with Gasteiger partial charge < -0.3 is 4.40 Å². The molecule has 1 nitrogen and oxygen atoms in total. The molecule has 0 saturated heterocycles. The molecule has 3 rings (SSSR count). The van der Waals surface area contributed by atoms with Gasteiger partial charge in [0.15, 0.2) is 0 Å². The number of aromatic nitrogens is 1. The lowest BCUT2D eigenvalue weighted by Gasteiger charge is -2.11. The lowest BCUT2D eigenvalue weighted by molar-refractivity contribution is 0.689. The molecular weight excluding hydrogens is 170 g/mol. The molecule has 1 aliphatic carbocycles. The average Bonchev–Trinajstić information content (AvgIpc) is 2.55. The van der Waals surface area contributed by atoms with Gasteiger partial charge in [-0.15, -0.1) is 0 Å². The van der Waals surface area contributed by atoms with Crippen molar-refractivity contribution in [2.24, 2.45) is 0 Å². The Hall–Kier alpha value is -1.24. The molecule has 14 heavy (non-hydrogen) atoms. The summed E-state index contributed by atoms with van der Waals surface area (Å²) in [5.74, 6) is 0. The van der Waals surface area contributed by atoms with Gasteiger partial charge in [0.2, 0.25) is 0 Å². The van der Waals surface area contributed by atoms with Gasteiger partial charge in [0.05, 0.1) is 0 Å². The number of fused-ring (bicyclic) bond motifs is 3. The van der Waals surface area contributed by atoms with Gasteiger partial charge in [0.25, 0.3) is 0 Å². The van der Waals surface area contributed by atoms with Gasteiger partial charge in [-0.2, -0.15) is 0 Å². The fourth-order valence-electron chi connectivity index (χ4n) is 2.71. The third kappa shape index (κ3) is 0.955. The zero-order valence-corrected chi connectivity index (χ0v) is 8.59.